The number of hydroxylamine groups is 2. The van der Waals surface area contributed by atoms with Gasteiger partial charge in [0, 0.05) is 5.75 Å². The van der Waals surface area contributed by atoms with Crippen LogP contribution in [0.25, 0.3) is 0 Å². The van der Waals surface area contributed by atoms with E-state index >= 15 is 0 Å². The monoisotopic (exact) mass is 428 g/mol. The van der Waals surface area contributed by atoms with Gasteiger partial charge < -0.3 is 9.94 Å². The van der Waals surface area contributed by atoms with E-state index in [4.69, 9.17) is 4.74 Å². The number of hydrogen-bond acceptors (Lipinski definition) is 9. The fourth-order valence-corrected chi connectivity index (χ4v) is 5.48. The molecule has 0 amide bonds. The van der Waals surface area contributed by atoms with Crippen LogP contribution in [0.5, 0.6) is 0 Å². The topological polar surface area (TPSA) is 78.4 Å². The summed E-state index contributed by atoms with van der Waals surface area (Å²) in [5.74, 6) is 0.517. The van der Waals surface area contributed by atoms with Crippen LogP contribution in [0, 0.1) is 5.21 Å². The van der Waals surface area contributed by atoms with Crippen LogP contribution in [-0.4, -0.2) is 53.3 Å². The van der Waals surface area contributed by atoms with Crippen molar-refractivity contribution in [2.45, 2.75) is 43.2 Å². The lowest BCUT2D eigenvalue weighted by atomic mass is 10.2. The Morgan fingerprint density at radius 2 is 2.30 bits per heavy atom. The van der Waals surface area contributed by atoms with Gasteiger partial charge in [-0.2, -0.15) is 0 Å². The van der Waals surface area contributed by atoms with Crippen LogP contribution in [0.3, 0.4) is 0 Å². The molecule has 1 saturated heterocycles. The average molecular weight is 429 g/mol. The Morgan fingerprint density at radius 1 is 1.44 bits per heavy atom. The number of carbonyl (C=O) groups is 1. The lowest BCUT2D eigenvalue weighted by Gasteiger charge is -2.38. The zero-order chi connectivity index (χ0) is 19.3. The molecule has 27 heavy (non-hydrogen) atoms. The van der Waals surface area contributed by atoms with E-state index in [1.54, 1.807) is 23.9 Å². The molecule has 0 saturated carbocycles. The molecule has 3 rings (SSSR count). The number of thioether (sulfide) groups is 1. The van der Waals surface area contributed by atoms with Crippen LogP contribution in [-0.2, 0) is 4.74 Å². The van der Waals surface area contributed by atoms with Gasteiger partial charge in [-0.15, -0.1) is 16.4 Å². The predicted molar refractivity (Wildman–Crippen MR) is 111 cm³/mol. The van der Waals surface area contributed by atoms with E-state index in [1.165, 1.54) is 41.9 Å². The Balaban J connectivity index is 1.65. The lowest BCUT2D eigenvalue weighted by molar-refractivity contribution is 0.00613. The number of ether oxygens (including phenoxy) is 1. The summed E-state index contributed by atoms with van der Waals surface area (Å²) in [5.41, 5.74) is 0. The molecule has 0 aliphatic carbocycles. The van der Waals surface area contributed by atoms with Gasteiger partial charge in [0.05, 0.1) is 6.54 Å². The molecule has 2 atom stereocenters. The third-order valence-corrected chi connectivity index (χ3v) is 7.40. The highest BCUT2D eigenvalue weighted by atomic mass is 32.2. The first-order valence-electron chi connectivity index (χ1n) is 9.01. The van der Waals surface area contributed by atoms with Gasteiger partial charge in [0.15, 0.2) is 4.34 Å². The molecule has 1 aliphatic heterocycles. The second kappa shape index (κ2) is 9.44. The van der Waals surface area contributed by atoms with E-state index in [0.717, 1.165) is 16.5 Å². The second-order valence-corrected chi connectivity index (χ2v) is 9.82. The van der Waals surface area contributed by atoms with Crippen LogP contribution >= 0.6 is 34.4 Å². The molecule has 0 bridgehead atoms. The van der Waals surface area contributed by atoms with Crippen LogP contribution < -0.4 is 4.65 Å². The molecular formula is C17H24N4O3S3. The molecule has 0 radical (unpaired) electrons. The smallest absolute Gasteiger partial charge is 0.352 e. The molecule has 1 aliphatic rings. The van der Waals surface area contributed by atoms with Crippen LogP contribution in [0.1, 0.15) is 42.3 Å². The van der Waals surface area contributed by atoms with Crippen molar-refractivity contribution in [2.75, 3.05) is 26.0 Å². The van der Waals surface area contributed by atoms with Crippen molar-refractivity contribution in [1.29, 1.82) is 0 Å². The lowest BCUT2D eigenvalue weighted by Crippen LogP contribution is -2.50. The quantitative estimate of drug-likeness (QED) is 0.195. The molecule has 3 heterocycles. The van der Waals surface area contributed by atoms with Gasteiger partial charge in [-0.1, -0.05) is 49.1 Å². The number of thiophene rings is 1. The van der Waals surface area contributed by atoms with Crippen molar-refractivity contribution < 1.29 is 9.53 Å². The van der Waals surface area contributed by atoms with Crippen molar-refractivity contribution in [2.24, 2.45) is 0 Å². The van der Waals surface area contributed by atoms with Crippen molar-refractivity contribution >= 4 is 45.5 Å². The molecule has 1 fully saturated rings. The number of esters is 1. The summed E-state index contributed by atoms with van der Waals surface area (Å²) in [6, 6.07) is 3.49. The third kappa shape index (κ3) is 5.07. The maximum absolute atomic E-state index is 13.5. The highest BCUT2D eigenvalue weighted by Gasteiger charge is 2.45. The van der Waals surface area contributed by atoms with Crippen molar-refractivity contribution in [3.63, 3.8) is 0 Å². The molecule has 7 nitrogen and oxygen atoms in total. The molecule has 2 aromatic heterocycles. The predicted octanol–water partition coefficient (Wildman–Crippen LogP) is 4.16. The zero-order valence-corrected chi connectivity index (χ0v) is 17.9. The SMILES string of the molecule is CCCCCCSc1nnc([N+]2([O-])CN(C)CC2OC(=O)c2cccs2)s1. The fourth-order valence-electron chi connectivity index (χ4n) is 2.89. The maximum atomic E-state index is 13.5. The summed E-state index contributed by atoms with van der Waals surface area (Å²) in [5, 5.41) is 24.0. The number of unbranched alkanes of at least 4 members (excludes halogenated alkanes) is 3. The Labute approximate surface area is 171 Å². The van der Waals surface area contributed by atoms with Crippen LogP contribution in [0.4, 0.5) is 5.13 Å². The first kappa shape index (κ1) is 20.7. The molecule has 0 aromatic carbocycles. The number of aromatic nitrogens is 2. The summed E-state index contributed by atoms with van der Waals surface area (Å²) in [4.78, 5) is 14.7. The van der Waals surface area contributed by atoms with E-state index in [9.17, 15) is 10.0 Å². The van der Waals surface area contributed by atoms with Gasteiger partial charge in [0.1, 0.15) is 11.5 Å². The molecule has 2 aromatic rings. The summed E-state index contributed by atoms with van der Waals surface area (Å²) in [6.45, 7) is 2.76. The highest BCUT2D eigenvalue weighted by molar-refractivity contribution is 8.01. The van der Waals surface area contributed by atoms with Crippen molar-refractivity contribution in [1.82, 2.24) is 19.7 Å². The Hall–Kier alpha value is -1.04. The van der Waals surface area contributed by atoms with Crippen LogP contribution in [0.2, 0.25) is 0 Å². The number of rotatable bonds is 9. The van der Waals surface area contributed by atoms with E-state index in [-0.39, 0.29) is 6.67 Å². The average Bonchev–Trinajstić information content (AvgIpc) is 3.36. The van der Waals surface area contributed by atoms with E-state index < -0.39 is 16.8 Å². The van der Waals surface area contributed by atoms with Crippen molar-refractivity contribution in [3.8, 4) is 0 Å². The molecule has 148 valence electrons. The Bertz CT molecular complexity index is 740. The summed E-state index contributed by atoms with van der Waals surface area (Å²) < 4.78 is 5.56. The minimum absolute atomic E-state index is 0.193. The molecular weight excluding hydrogens is 404 g/mol. The zero-order valence-electron chi connectivity index (χ0n) is 15.5. The Morgan fingerprint density at radius 3 is 3.04 bits per heavy atom. The van der Waals surface area contributed by atoms with Gasteiger partial charge in [0.2, 0.25) is 0 Å². The van der Waals surface area contributed by atoms with Gasteiger partial charge in [-0.3, -0.25) is 4.65 Å². The van der Waals surface area contributed by atoms with Crippen LogP contribution in [0.15, 0.2) is 21.9 Å². The fraction of sp³-hybridized carbons (Fsp3) is 0.588. The number of hydrogen-bond donors (Lipinski definition) is 0. The standard InChI is InChI=1S/C17H24N4O3S3/c1-3-4-5-6-9-26-17-19-18-16(27-17)21(23)12-20(2)11-14(21)24-15(22)13-8-7-10-25-13/h7-8,10,14H,3-6,9,11-12H2,1-2H3. The number of carbonyl (C=O) groups excluding carboxylic acids is 1. The van der Waals surface area contributed by atoms with Gasteiger partial charge in [0.25, 0.3) is 6.23 Å². The minimum Gasteiger partial charge on any atom is -0.622 e. The molecule has 0 spiro atoms. The van der Waals surface area contributed by atoms with Crippen molar-refractivity contribution in [3.05, 3.63) is 27.6 Å². The number of quaternary nitrogens is 1. The minimum atomic E-state index is -0.833. The first-order valence-corrected chi connectivity index (χ1v) is 11.7. The highest BCUT2D eigenvalue weighted by Crippen LogP contribution is 2.37. The molecule has 2 unspecified atom stereocenters. The summed E-state index contributed by atoms with van der Waals surface area (Å²) in [7, 11) is 1.84. The third-order valence-electron chi connectivity index (χ3n) is 4.29. The van der Waals surface area contributed by atoms with Gasteiger partial charge in [-0.25, -0.2) is 9.69 Å². The van der Waals surface area contributed by atoms with Gasteiger partial charge >= 0.3 is 11.1 Å². The molecule has 0 N–H and O–H groups in total. The first-order chi connectivity index (χ1) is 13.0. The van der Waals surface area contributed by atoms with Gasteiger partial charge in [-0.05, 0) is 36.3 Å². The van der Waals surface area contributed by atoms with E-state index in [1.807, 2.05) is 17.3 Å². The van der Waals surface area contributed by atoms with E-state index in [2.05, 4.69) is 17.1 Å². The van der Waals surface area contributed by atoms with E-state index in [0.29, 0.717) is 16.6 Å². The molecule has 10 heteroatoms. The number of likely N-dealkylation sites (N-methyl/N-ethyl adjacent to an activating group) is 1. The largest absolute Gasteiger partial charge is 0.622 e. The maximum Gasteiger partial charge on any atom is 0.352 e. The normalized spacial score (nSPS) is 23.0. The second-order valence-electron chi connectivity index (χ2n) is 6.57. The summed E-state index contributed by atoms with van der Waals surface area (Å²) in [6.07, 6.45) is 3.96. The summed E-state index contributed by atoms with van der Waals surface area (Å²) >= 11 is 4.25. The number of nitrogens with zero attached hydrogens (tertiary/aromatic N) is 4. The Kier molecular flexibility index (Phi) is 7.23.